The summed E-state index contributed by atoms with van der Waals surface area (Å²) in [5, 5.41) is 24.3. The lowest BCUT2D eigenvalue weighted by Crippen LogP contribution is -2.13. The molecule has 31 heavy (non-hydrogen) atoms. The van der Waals surface area contributed by atoms with Gasteiger partial charge in [-0.05, 0) is 42.5 Å². The molecule has 0 saturated carbocycles. The molecule has 0 atom stereocenters. The number of rotatable bonds is 6. The highest BCUT2D eigenvalue weighted by molar-refractivity contribution is 7.93. The molecule has 0 unspecified atom stereocenters. The number of ether oxygens (including phenoxy) is 1. The van der Waals surface area contributed by atoms with E-state index < -0.39 is 10.0 Å². The molecule has 0 aliphatic heterocycles. The fourth-order valence-electron chi connectivity index (χ4n) is 2.62. The molecular formula is C20H12N6O3S2. The lowest BCUT2D eigenvalue weighted by Gasteiger charge is -2.10. The zero-order valence-electron chi connectivity index (χ0n) is 15.6. The Kier molecular flexibility index (Phi) is 5.37. The molecule has 0 amide bonds. The average molecular weight is 448 g/mol. The fourth-order valence-corrected chi connectivity index (χ4v) is 4.43. The summed E-state index contributed by atoms with van der Waals surface area (Å²) in [5.41, 5.74) is 1.24. The topological polar surface area (TPSA) is 134 Å². The molecule has 0 bridgehead atoms. The molecular weight excluding hydrogens is 436 g/mol. The van der Waals surface area contributed by atoms with Crippen LogP contribution in [0.2, 0.25) is 0 Å². The minimum absolute atomic E-state index is 0.0665. The number of nitrogens with zero attached hydrogens (tertiary/aromatic N) is 5. The number of hydrogen-bond donors (Lipinski definition) is 1. The summed E-state index contributed by atoms with van der Waals surface area (Å²) in [7, 11) is -3.88. The van der Waals surface area contributed by atoms with Crippen LogP contribution in [0.1, 0.15) is 11.1 Å². The van der Waals surface area contributed by atoms with E-state index in [-0.39, 0.29) is 21.3 Å². The number of nitriles is 2. The molecule has 2 aromatic carbocycles. The van der Waals surface area contributed by atoms with Crippen molar-refractivity contribution in [2.75, 3.05) is 4.72 Å². The van der Waals surface area contributed by atoms with Crippen LogP contribution >= 0.6 is 11.3 Å². The van der Waals surface area contributed by atoms with Crippen LogP contribution in [-0.4, -0.2) is 23.2 Å². The molecule has 2 heterocycles. The lowest BCUT2D eigenvalue weighted by atomic mass is 10.2. The van der Waals surface area contributed by atoms with Crippen molar-refractivity contribution in [3.8, 4) is 29.3 Å². The molecule has 0 spiro atoms. The van der Waals surface area contributed by atoms with Gasteiger partial charge in [0.1, 0.15) is 23.6 Å². The van der Waals surface area contributed by atoms with Crippen molar-refractivity contribution in [2.45, 2.75) is 4.90 Å². The summed E-state index contributed by atoms with van der Waals surface area (Å²) in [6.45, 7) is 0. The molecule has 0 aliphatic rings. The third-order valence-electron chi connectivity index (χ3n) is 4.08. The SMILES string of the molecule is N#Cc1cnn(-c2ccc(Oc3ccc(S(=O)(=O)Nc4nccs4)cc3C#N)cc2)c1. The maximum atomic E-state index is 12.5. The first-order chi connectivity index (χ1) is 15.0. The van der Waals surface area contributed by atoms with Gasteiger partial charge in [-0.1, -0.05) is 0 Å². The van der Waals surface area contributed by atoms with Crippen molar-refractivity contribution in [1.82, 2.24) is 14.8 Å². The lowest BCUT2D eigenvalue weighted by molar-refractivity contribution is 0.480. The predicted octanol–water partition coefficient (Wildman–Crippen LogP) is 3.67. The van der Waals surface area contributed by atoms with E-state index in [0.29, 0.717) is 11.3 Å². The van der Waals surface area contributed by atoms with Crippen LogP contribution in [0, 0.1) is 22.7 Å². The molecule has 2 aromatic heterocycles. The van der Waals surface area contributed by atoms with Gasteiger partial charge in [-0.15, -0.1) is 11.3 Å². The van der Waals surface area contributed by atoms with E-state index in [9.17, 15) is 13.7 Å². The molecule has 1 N–H and O–H groups in total. The molecule has 0 fully saturated rings. The van der Waals surface area contributed by atoms with Crippen molar-refractivity contribution in [1.29, 1.82) is 10.5 Å². The second-order valence-corrected chi connectivity index (χ2v) is 8.67. The second kappa shape index (κ2) is 8.28. The van der Waals surface area contributed by atoms with E-state index in [1.807, 2.05) is 12.1 Å². The summed E-state index contributed by atoms with van der Waals surface area (Å²) < 4.78 is 34.7. The molecule has 11 heteroatoms. The average Bonchev–Trinajstić information content (AvgIpc) is 3.46. The van der Waals surface area contributed by atoms with Gasteiger partial charge in [0.2, 0.25) is 0 Å². The van der Waals surface area contributed by atoms with Crippen LogP contribution in [0.25, 0.3) is 5.69 Å². The van der Waals surface area contributed by atoms with E-state index in [2.05, 4.69) is 14.8 Å². The van der Waals surface area contributed by atoms with Gasteiger partial charge in [0.05, 0.1) is 27.9 Å². The normalized spacial score (nSPS) is 10.8. The van der Waals surface area contributed by atoms with E-state index >= 15 is 0 Å². The van der Waals surface area contributed by atoms with E-state index in [0.717, 1.165) is 17.0 Å². The zero-order chi connectivity index (χ0) is 21.8. The number of anilines is 1. The summed E-state index contributed by atoms with van der Waals surface area (Å²) in [6.07, 6.45) is 4.55. The number of hydrogen-bond acceptors (Lipinski definition) is 8. The van der Waals surface area contributed by atoms with Crippen molar-refractivity contribution in [2.24, 2.45) is 0 Å². The number of nitrogens with one attached hydrogen (secondary N) is 1. The number of benzene rings is 2. The first-order valence-electron chi connectivity index (χ1n) is 8.68. The molecule has 4 rings (SSSR count). The van der Waals surface area contributed by atoms with Crippen molar-refractivity contribution in [3.05, 3.63) is 77.6 Å². The molecule has 4 aromatic rings. The van der Waals surface area contributed by atoms with E-state index in [4.69, 9.17) is 10.00 Å². The molecule has 0 saturated heterocycles. The third-order valence-corrected chi connectivity index (χ3v) is 6.23. The van der Waals surface area contributed by atoms with Crippen molar-refractivity contribution < 1.29 is 13.2 Å². The van der Waals surface area contributed by atoms with Gasteiger partial charge in [0.15, 0.2) is 5.13 Å². The van der Waals surface area contributed by atoms with Crippen molar-refractivity contribution >= 4 is 26.5 Å². The van der Waals surface area contributed by atoms with Gasteiger partial charge in [-0.25, -0.2) is 18.1 Å². The van der Waals surface area contributed by atoms with E-state index in [1.165, 1.54) is 30.6 Å². The zero-order valence-corrected chi connectivity index (χ0v) is 17.3. The Morgan fingerprint density at radius 2 is 1.90 bits per heavy atom. The van der Waals surface area contributed by atoms with Gasteiger partial charge in [0.25, 0.3) is 10.0 Å². The monoisotopic (exact) mass is 448 g/mol. The summed E-state index contributed by atoms with van der Waals surface area (Å²) in [5.74, 6) is 0.665. The Labute approximate surface area is 181 Å². The third kappa shape index (κ3) is 4.38. The summed E-state index contributed by atoms with van der Waals surface area (Å²) in [4.78, 5) is 3.82. The summed E-state index contributed by atoms with van der Waals surface area (Å²) in [6, 6.07) is 14.8. The predicted molar refractivity (Wildman–Crippen MR) is 112 cm³/mol. The number of sulfonamides is 1. The Bertz CT molecular complexity index is 1410. The highest BCUT2D eigenvalue weighted by Gasteiger charge is 2.18. The molecule has 152 valence electrons. The Balaban J connectivity index is 1.55. The minimum atomic E-state index is -3.88. The molecule has 0 radical (unpaired) electrons. The highest BCUT2D eigenvalue weighted by atomic mass is 32.2. The Hall–Kier alpha value is -4.19. The maximum Gasteiger partial charge on any atom is 0.263 e. The van der Waals surface area contributed by atoms with Crippen LogP contribution in [0.4, 0.5) is 5.13 Å². The highest BCUT2D eigenvalue weighted by Crippen LogP contribution is 2.29. The van der Waals surface area contributed by atoms with Gasteiger partial charge in [-0.2, -0.15) is 15.6 Å². The molecule has 0 aliphatic carbocycles. The van der Waals surface area contributed by atoms with Gasteiger partial charge >= 0.3 is 0 Å². The molecule has 9 nitrogen and oxygen atoms in total. The van der Waals surface area contributed by atoms with Crippen LogP contribution in [0.3, 0.4) is 0 Å². The second-order valence-electron chi connectivity index (χ2n) is 6.09. The number of aromatic nitrogens is 3. The largest absolute Gasteiger partial charge is 0.456 e. The Morgan fingerprint density at radius 3 is 2.55 bits per heavy atom. The smallest absolute Gasteiger partial charge is 0.263 e. The maximum absolute atomic E-state index is 12.5. The first kappa shape index (κ1) is 20.1. The van der Waals surface area contributed by atoms with Gasteiger partial charge in [0, 0.05) is 17.8 Å². The summed E-state index contributed by atoms with van der Waals surface area (Å²) >= 11 is 1.15. The van der Waals surface area contributed by atoms with Crippen LogP contribution in [-0.2, 0) is 10.0 Å². The first-order valence-corrected chi connectivity index (χ1v) is 11.0. The van der Waals surface area contributed by atoms with Crippen LogP contribution in [0.15, 0.2) is 71.3 Å². The Morgan fingerprint density at radius 1 is 1.10 bits per heavy atom. The van der Waals surface area contributed by atoms with Gasteiger partial charge < -0.3 is 4.74 Å². The fraction of sp³-hybridized carbons (Fsp3) is 0. The van der Waals surface area contributed by atoms with Crippen LogP contribution in [0.5, 0.6) is 11.5 Å². The standard InChI is InChI=1S/C20H12N6O3S2/c21-10-14-12-24-26(13-14)16-1-3-17(4-2-16)29-19-6-5-18(9-15(19)11-22)31(27,28)25-20-23-7-8-30-20/h1-9,12-13H,(H,23,25). The van der Waals surface area contributed by atoms with Crippen LogP contribution < -0.4 is 9.46 Å². The quantitative estimate of drug-likeness (QED) is 0.476. The van der Waals surface area contributed by atoms with Gasteiger partial charge in [-0.3, -0.25) is 4.72 Å². The number of thiazole rings is 1. The van der Waals surface area contributed by atoms with Crippen molar-refractivity contribution in [3.63, 3.8) is 0 Å². The van der Waals surface area contributed by atoms with E-state index in [1.54, 1.807) is 40.5 Å². The minimum Gasteiger partial charge on any atom is -0.456 e.